The molecular formula is C10H15NO6. The molecule has 0 aromatic heterocycles. The van der Waals surface area contributed by atoms with Crippen LogP contribution < -0.4 is 5.48 Å². The smallest absolute Gasteiger partial charge is 0.440 e. The fourth-order valence-corrected chi connectivity index (χ4v) is 0.378. The standard InChI is InChI=1S/C6H9NO4.C4H6O2/c1-3-5(8)11-7-6(9)10-4-2;1-3-4(5)6-2/h3H,1,4H2,2H3,(H,7,9);3H,1H2,2H3. The largest absolute Gasteiger partial charge is 0.466 e. The maximum Gasteiger partial charge on any atom is 0.440 e. The Balaban J connectivity index is 0. The molecule has 1 amide bonds. The minimum Gasteiger partial charge on any atom is -0.466 e. The lowest BCUT2D eigenvalue weighted by atomic mass is 10.7. The Labute approximate surface area is 99.0 Å². The summed E-state index contributed by atoms with van der Waals surface area (Å²) in [6.45, 7) is 8.13. The number of hydrogen-bond donors (Lipinski definition) is 1. The van der Waals surface area contributed by atoms with Crippen molar-refractivity contribution in [2.75, 3.05) is 13.7 Å². The number of nitrogens with one attached hydrogen (secondary N) is 1. The van der Waals surface area contributed by atoms with E-state index in [9.17, 15) is 14.4 Å². The highest BCUT2D eigenvalue weighted by molar-refractivity contribution is 5.82. The van der Waals surface area contributed by atoms with E-state index >= 15 is 0 Å². The Morgan fingerprint density at radius 1 is 1.18 bits per heavy atom. The summed E-state index contributed by atoms with van der Waals surface area (Å²) >= 11 is 0. The van der Waals surface area contributed by atoms with Gasteiger partial charge in [-0.1, -0.05) is 13.2 Å². The Morgan fingerprint density at radius 2 is 1.71 bits per heavy atom. The first-order valence-corrected chi connectivity index (χ1v) is 4.48. The first kappa shape index (κ1) is 17.1. The molecule has 7 nitrogen and oxygen atoms in total. The molecule has 17 heavy (non-hydrogen) atoms. The lowest BCUT2D eigenvalue weighted by Crippen LogP contribution is -2.26. The number of carbonyl (C=O) groups excluding carboxylic acids is 3. The zero-order valence-electron chi connectivity index (χ0n) is 9.73. The van der Waals surface area contributed by atoms with Crippen LogP contribution in [0.3, 0.4) is 0 Å². The molecule has 0 rings (SSSR count). The molecule has 0 heterocycles. The number of methoxy groups -OCH3 is 1. The van der Waals surface area contributed by atoms with Gasteiger partial charge in [0, 0.05) is 12.2 Å². The van der Waals surface area contributed by atoms with Crippen LogP contribution in [0.1, 0.15) is 6.92 Å². The van der Waals surface area contributed by atoms with Crippen LogP contribution in [0.2, 0.25) is 0 Å². The second kappa shape index (κ2) is 11.8. The van der Waals surface area contributed by atoms with Crippen molar-refractivity contribution in [3.63, 3.8) is 0 Å². The predicted octanol–water partition coefficient (Wildman–Crippen LogP) is 0.722. The average Bonchev–Trinajstić information content (AvgIpc) is 2.35. The second-order valence-corrected chi connectivity index (χ2v) is 2.18. The summed E-state index contributed by atoms with van der Waals surface area (Å²) in [5.41, 5.74) is 1.75. The monoisotopic (exact) mass is 245 g/mol. The van der Waals surface area contributed by atoms with Crippen molar-refractivity contribution in [3.05, 3.63) is 25.3 Å². The number of carbonyl (C=O) groups is 3. The van der Waals surface area contributed by atoms with E-state index in [1.807, 2.05) is 0 Å². The van der Waals surface area contributed by atoms with Gasteiger partial charge in [-0.15, -0.1) is 5.48 Å². The molecule has 0 aromatic carbocycles. The van der Waals surface area contributed by atoms with Crippen LogP contribution in [0.15, 0.2) is 25.3 Å². The molecule has 0 saturated heterocycles. The summed E-state index contributed by atoms with van der Waals surface area (Å²) in [7, 11) is 1.31. The highest BCUT2D eigenvalue weighted by atomic mass is 16.7. The van der Waals surface area contributed by atoms with E-state index in [-0.39, 0.29) is 6.61 Å². The molecule has 0 aliphatic heterocycles. The molecule has 1 N–H and O–H groups in total. The van der Waals surface area contributed by atoms with Crippen molar-refractivity contribution < 1.29 is 28.7 Å². The Hall–Kier alpha value is -2.31. The zero-order chi connectivity index (χ0) is 13.7. The molecule has 0 unspecified atom stereocenters. The van der Waals surface area contributed by atoms with Crippen molar-refractivity contribution in [2.24, 2.45) is 0 Å². The molecule has 0 fully saturated rings. The summed E-state index contributed by atoms with van der Waals surface area (Å²) in [5, 5.41) is 0. The number of rotatable bonds is 3. The highest BCUT2D eigenvalue weighted by Gasteiger charge is 2.01. The van der Waals surface area contributed by atoms with Crippen molar-refractivity contribution in [1.29, 1.82) is 0 Å². The molecule has 0 radical (unpaired) electrons. The number of esters is 1. The fourth-order valence-electron chi connectivity index (χ4n) is 0.378. The average molecular weight is 245 g/mol. The Morgan fingerprint density at radius 3 is 2.00 bits per heavy atom. The van der Waals surface area contributed by atoms with Gasteiger partial charge >= 0.3 is 18.0 Å². The van der Waals surface area contributed by atoms with Gasteiger partial charge < -0.3 is 14.3 Å². The Kier molecular flexibility index (Phi) is 11.8. The molecule has 0 saturated carbocycles. The molecule has 7 heteroatoms. The summed E-state index contributed by atoms with van der Waals surface area (Å²) in [6.07, 6.45) is 1.23. The van der Waals surface area contributed by atoms with Gasteiger partial charge in [0.15, 0.2) is 0 Å². The number of hydroxylamine groups is 1. The van der Waals surface area contributed by atoms with E-state index in [4.69, 9.17) is 0 Å². The van der Waals surface area contributed by atoms with Crippen LogP contribution in [0.5, 0.6) is 0 Å². The van der Waals surface area contributed by atoms with Gasteiger partial charge in [-0.2, -0.15) is 0 Å². The first-order chi connectivity index (χ1) is 8.01. The van der Waals surface area contributed by atoms with Gasteiger partial charge in [0.25, 0.3) is 0 Å². The minimum atomic E-state index is -0.803. The molecule has 0 aliphatic rings. The third kappa shape index (κ3) is 13.7. The SMILES string of the molecule is C=CC(=O)OC.C=CC(=O)ONC(=O)OCC. The quantitative estimate of drug-likeness (QED) is 0.341. The fraction of sp³-hybridized carbons (Fsp3) is 0.300. The number of hydrogen-bond acceptors (Lipinski definition) is 6. The number of ether oxygens (including phenoxy) is 2. The Bertz CT molecular complexity index is 287. The van der Waals surface area contributed by atoms with Crippen molar-refractivity contribution in [1.82, 2.24) is 5.48 Å². The summed E-state index contributed by atoms with van der Waals surface area (Å²) in [4.78, 5) is 34.7. The van der Waals surface area contributed by atoms with Crippen LogP contribution in [-0.2, 0) is 23.9 Å². The maximum atomic E-state index is 10.4. The van der Waals surface area contributed by atoms with Gasteiger partial charge in [-0.25, -0.2) is 14.4 Å². The summed E-state index contributed by atoms with van der Waals surface area (Å²) in [6, 6.07) is 0. The van der Waals surface area contributed by atoms with E-state index in [2.05, 4.69) is 27.5 Å². The number of amides is 1. The van der Waals surface area contributed by atoms with Gasteiger partial charge in [0.05, 0.1) is 13.7 Å². The molecule has 0 atom stereocenters. The summed E-state index contributed by atoms with van der Waals surface area (Å²) in [5.74, 6) is -1.13. The third-order valence-electron chi connectivity index (χ3n) is 1.04. The van der Waals surface area contributed by atoms with Gasteiger partial charge in [-0.3, -0.25) is 0 Å². The third-order valence-corrected chi connectivity index (χ3v) is 1.04. The van der Waals surface area contributed by atoms with Crippen molar-refractivity contribution in [2.45, 2.75) is 6.92 Å². The van der Waals surface area contributed by atoms with E-state index in [1.54, 1.807) is 12.4 Å². The molecule has 0 aromatic rings. The molecule has 0 aliphatic carbocycles. The first-order valence-electron chi connectivity index (χ1n) is 4.48. The van der Waals surface area contributed by atoms with E-state index in [0.717, 1.165) is 12.2 Å². The zero-order valence-corrected chi connectivity index (χ0v) is 9.73. The highest BCUT2D eigenvalue weighted by Crippen LogP contribution is 1.78. The normalized spacial score (nSPS) is 7.65. The van der Waals surface area contributed by atoms with Crippen LogP contribution in [-0.4, -0.2) is 31.7 Å². The molecule has 96 valence electrons. The van der Waals surface area contributed by atoms with Crippen molar-refractivity contribution >= 4 is 18.0 Å². The maximum absolute atomic E-state index is 10.4. The van der Waals surface area contributed by atoms with Crippen LogP contribution in [0, 0.1) is 0 Å². The summed E-state index contributed by atoms with van der Waals surface area (Å²) < 4.78 is 8.52. The van der Waals surface area contributed by atoms with E-state index in [0.29, 0.717) is 0 Å². The lowest BCUT2D eigenvalue weighted by molar-refractivity contribution is -0.143. The lowest BCUT2D eigenvalue weighted by Gasteiger charge is -2.02. The van der Waals surface area contributed by atoms with E-state index < -0.39 is 18.0 Å². The molecule has 0 bridgehead atoms. The molecular weight excluding hydrogens is 230 g/mol. The van der Waals surface area contributed by atoms with Crippen molar-refractivity contribution in [3.8, 4) is 0 Å². The van der Waals surface area contributed by atoms with E-state index in [1.165, 1.54) is 7.11 Å². The predicted molar refractivity (Wildman–Crippen MR) is 58.7 cm³/mol. The second-order valence-electron chi connectivity index (χ2n) is 2.18. The van der Waals surface area contributed by atoms with Gasteiger partial charge in [0.2, 0.25) is 0 Å². The molecule has 0 spiro atoms. The van der Waals surface area contributed by atoms with Crippen LogP contribution in [0.25, 0.3) is 0 Å². The minimum absolute atomic E-state index is 0.220. The van der Waals surface area contributed by atoms with Gasteiger partial charge in [0.1, 0.15) is 0 Å². The topological polar surface area (TPSA) is 90.9 Å². The van der Waals surface area contributed by atoms with Crippen LogP contribution >= 0.6 is 0 Å². The van der Waals surface area contributed by atoms with Crippen LogP contribution in [0.4, 0.5) is 4.79 Å². The van der Waals surface area contributed by atoms with Gasteiger partial charge in [-0.05, 0) is 6.92 Å².